The highest BCUT2D eigenvalue weighted by Gasteiger charge is 2.15. The molecule has 4 rings (SSSR count). The maximum absolute atomic E-state index is 13.1. The number of carbonyl (C=O) groups is 1. The molecular weight excluding hydrogens is 426 g/mol. The maximum atomic E-state index is 13.1. The summed E-state index contributed by atoms with van der Waals surface area (Å²) in [6, 6.07) is 18.1. The van der Waals surface area contributed by atoms with E-state index in [1.54, 1.807) is 47.7 Å². The molecule has 0 spiro atoms. The van der Waals surface area contributed by atoms with Crippen LogP contribution in [0.15, 0.2) is 76.0 Å². The molecule has 29 heavy (non-hydrogen) atoms. The average molecular weight is 442 g/mol. The van der Waals surface area contributed by atoms with Crippen LogP contribution in [0.3, 0.4) is 0 Å². The maximum Gasteiger partial charge on any atom is 0.266 e. The molecule has 0 atom stereocenters. The second-order valence-corrected chi connectivity index (χ2v) is 8.58. The Balaban J connectivity index is 1.63. The van der Waals surface area contributed by atoms with Crippen LogP contribution in [0.4, 0.5) is 0 Å². The van der Waals surface area contributed by atoms with Gasteiger partial charge in [-0.05, 0) is 47.8 Å². The molecule has 0 aliphatic heterocycles. The van der Waals surface area contributed by atoms with Gasteiger partial charge in [-0.2, -0.15) is 0 Å². The Kier molecular flexibility index (Phi) is 5.99. The molecule has 0 aliphatic rings. The number of benzene rings is 2. The molecule has 2 aromatic heterocycles. The van der Waals surface area contributed by atoms with Gasteiger partial charge < -0.3 is 5.32 Å². The van der Waals surface area contributed by atoms with Crippen LogP contribution in [0.25, 0.3) is 16.6 Å². The van der Waals surface area contributed by atoms with Crippen molar-refractivity contribution in [2.75, 3.05) is 5.75 Å². The van der Waals surface area contributed by atoms with Crippen LogP contribution < -0.4 is 10.9 Å². The van der Waals surface area contributed by atoms with Crippen molar-refractivity contribution < 1.29 is 4.79 Å². The SMILES string of the molecule is O=C(CSc1nc2ccccc2c(=O)n1-c1ccc(Cl)cc1)NCc1cccs1. The van der Waals surface area contributed by atoms with Crippen molar-refractivity contribution in [3.8, 4) is 5.69 Å². The number of fused-ring (bicyclic) bond motifs is 1. The van der Waals surface area contributed by atoms with Crippen molar-refractivity contribution in [3.63, 3.8) is 0 Å². The number of nitrogens with zero attached hydrogens (tertiary/aromatic N) is 2. The third-order valence-electron chi connectivity index (χ3n) is 4.20. The minimum absolute atomic E-state index is 0.117. The highest BCUT2D eigenvalue weighted by atomic mass is 35.5. The summed E-state index contributed by atoms with van der Waals surface area (Å²) in [5, 5.41) is 6.43. The van der Waals surface area contributed by atoms with Crippen LogP contribution in [-0.4, -0.2) is 21.2 Å². The van der Waals surface area contributed by atoms with Crippen molar-refractivity contribution >= 4 is 51.5 Å². The number of amides is 1. The van der Waals surface area contributed by atoms with Crippen molar-refractivity contribution in [1.82, 2.24) is 14.9 Å². The van der Waals surface area contributed by atoms with Crippen LogP contribution in [0.5, 0.6) is 0 Å². The fraction of sp³-hybridized carbons (Fsp3) is 0.0952. The number of para-hydroxylation sites is 1. The summed E-state index contributed by atoms with van der Waals surface area (Å²) in [6.07, 6.45) is 0. The van der Waals surface area contributed by atoms with E-state index < -0.39 is 0 Å². The van der Waals surface area contributed by atoms with Gasteiger partial charge in [0, 0.05) is 9.90 Å². The largest absolute Gasteiger partial charge is 0.350 e. The van der Waals surface area contributed by atoms with Crippen LogP contribution in [0.1, 0.15) is 4.88 Å². The lowest BCUT2D eigenvalue weighted by Crippen LogP contribution is -2.26. The lowest BCUT2D eigenvalue weighted by molar-refractivity contribution is -0.118. The van der Waals surface area contributed by atoms with E-state index >= 15 is 0 Å². The molecular formula is C21H16ClN3O2S2. The number of rotatable bonds is 6. The zero-order chi connectivity index (χ0) is 20.2. The Bertz CT molecular complexity index is 1210. The van der Waals surface area contributed by atoms with Gasteiger partial charge in [-0.1, -0.05) is 41.6 Å². The third kappa shape index (κ3) is 4.53. The van der Waals surface area contributed by atoms with E-state index in [-0.39, 0.29) is 17.2 Å². The number of hydrogen-bond acceptors (Lipinski definition) is 5. The molecule has 0 radical (unpaired) electrons. The molecule has 1 N–H and O–H groups in total. The molecule has 1 amide bonds. The summed E-state index contributed by atoms with van der Waals surface area (Å²) in [6.45, 7) is 0.492. The van der Waals surface area contributed by atoms with Crippen LogP contribution >= 0.6 is 34.7 Å². The Labute approximate surface area is 180 Å². The molecule has 0 unspecified atom stereocenters. The van der Waals surface area contributed by atoms with Gasteiger partial charge in [-0.15, -0.1) is 11.3 Å². The molecule has 146 valence electrons. The third-order valence-corrected chi connectivity index (χ3v) is 6.27. The monoisotopic (exact) mass is 441 g/mol. The zero-order valence-electron chi connectivity index (χ0n) is 15.2. The van der Waals surface area contributed by atoms with Gasteiger partial charge >= 0.3 is 0 Å². The van der Waals surface area contributed by atoms with Crippen LogP contribution in [0, 0.1) is 0 Å². The lowest BCUT2D eigenvalue weighted by atomic mass is 10.2. The predicted octanol–water partition coefficient (Wildman–Crippen LogP) is 4.51. The second kappa shape index (κ2) is 8.82. The molecule has 4 aromatic rings. The molecule has 5 nitrogen and oxygen atoms in total. The quantitative estimate of drug-likeness (QED) is 0.353. The highest BCUT2D eigenvalue weighted by Crippen LogP contribution is 2.22. The first-order chi connectivity index (χ1) is 14.1. The first kappa shape index (κ1) is 19.7. The number of hydrogen-bond donors (Lipinski definition) is 1. The minimum Gasteiger partial charge on any atom is -0.350 e. The summed E-state index contributed by atoms with van der Waals surface area (Å²) in [4.78, 5) is 31.2. The van der Waals surface area contributed by atoms with E-state index in [9.17, 15) is 9.59 Å². The first-order valence-corrected chi connectivity index (χ1v) is 11.1. The van der Waals surface area contributed by atoms with Gasteiger partial charge in [0.05, 0.1) is 28.9 Å². The average Bonchev–Trinajstić information content (AvgIpc) is 3.25. The van der Waals surface area contributed by atoms with E-state index in [1.807, 2.05) is 29.6 Å². The Morgan fingerprint density at radius 3 is 2.66 bits per heavy atom. The molecule has 0 saturated heterocycles. The number of nitrogens with one attached hydrogen (secondary N) is 1. The summed E-state index contributed by atoms with van der Waals surface area (Å²) < 4.78 is 1.52. The van der Waals surface area contributed by atoms with Gasteiger partial charge in [0.2, 0.25) is 5.91 Å². The van der Waals surface area contributed by atoms with E-state index in [4.69, 9.17) is 11.6 Å². The molecule has 0 fully saturated rings. The van der Waals surface area contributed by atoms with E-state index in [2.05, 4.69) is 10.3 Å². The first-order valence-electron chi connectivity index (χ1n) is 8.81. The van der Waals surface area contributed by atoms with Gasteiger partial charge in [0.25, 0.3) is 5.56 Å². The normalized spacial score (nSPS) is 10.9. The standard InChI is InChI=1S/C21H16ClN3O2S2/c22-14-7-9-15(10-8-14)25-20(27)17-5-1-2-6-18(17)24-21(25)29-13-19(26)23-12-16-4-3-11-28-16/h1-11H,12-13H2,(H,23,26). The Morgan fingerprint density at radius 1 is 1.10 bits per heavy atom. The van der Waals surface area contributed by atoms with Crippen molar-refractivity contribution in [3.05, 3.63) is 86.3 Å². The summed E-state index contributed by atoms with van der Waals surface area (Å²) in [7, 11) is 0. The predicted molar refractivity (Wildman–Crippen MR) is 119 cm³/mol. The minimum atomic E-state index is -0.181. The van der Waals surface area contributed by atoms with Crippen molar-refractivity contribution in [2.24, 2.45) is 0 Å². The molecule has 0 bridgehead atoms. The number of thiophene rings is 1. The van der Waals surface area contributed by atoms with Crippen LogP contribution in [-0.2, 0) is 11.3 Å². The number of aromatic nitrogens is 2. The van der Waals surface area contributed by atoms with Crippen molar-refractivity contribution in [1.29, 1.82) is 0 Å². The molecule has 8 heteroatoms. The van der Waals surface area contributed by atoms with Gasteiger partial charge in [-0.25, -0.2) is 4.98 Å². The Morgan fingerprint density at radius 2 is 1.90 bits per heavy atom. The fourth-order valence-electron chi connectivity index (χ4n) is 2.81. The lowest BCUT2D eigenvalue weighted by Gasteiger charge is -2.13. The summed E-state index contributed by atoms with van der Waals surface area (Å²) in [5.74, 6) is 0.0393. The number of thioether (sulfide) groups is 1. The number of halogens is 1. The molecule has 2 heterocycles. The van der Waals surface area contributed by atoms with Gasteiger partial charge in [0.15, 0.2) is 5.16 Å². The van der Waals surface area contributed by atoms with Gasteiger partial charge in [0.1, 0.15) is 0 Å². The van der Waals surface area contributed by atoms with E-state index in [0.717, 1.165) is 4.88 Å². The molecule has 0 saturated carbocycles. The zero-order valence-corrected chi connectivity index (χ0v) is 17.6. The second-order valence-electron chi connectivity index (χ2n) is 6.17. The molecule has 2 aromatic carbocycles. The highest BCUT2D eigenvalue weighted by molar-refractivity contribution is 7.99. The van der Waals surface area contributed by atoms with E-state index in [0.29, 0.717) is 33.3 Å². The summed E-state index contributed by atoms with van der Waals surface area (Å²) in [5.41, 5.74) is 1.07. The van der Waals surface area contributed by atoms with Crippen LogP contribution in [0.2, 0.25) is 5.02 Å². The summed E-state index contributed by atoms with van der Waals surface area (Å²) >= 11 is 8.82. The number of carbonyl (C=O) groups excluding carboxylic acids is 1. The Hall–Kier alpha value is -2.61. The topological polar surface area (TPSA) is 64.0 Å². The molecule has 0 aliphatic carbocycles. The van der Waals surface area contributed by atoms with Gasteiger partial charge in [-0.3, -0.25) is 14.2 Å². The van der Waals surface area contributed by atoms with E-state index in [1.165, 1.54) is 16.3 Å². The fourth-order valence-corrected chi connectivity index (χ4v) is 4.42. The smallest absolute Gasteiger partial charge is 0.266 e. The van der Waals surface area contributed by atoms with Crippen molar-refractivity contribution in [2.45, 2.75) is 11.7 Å².